The summed E-state index contributed by atoms with van der Waals surface area (Å²) in [6.45, 7) is 2.82. The van der Waals surface area contributed by atoms with Gasteiger partial charge in [0, 0.05) is 25.3 Å². The van der Waals surface area contributed by atoms with Crippen molar-refractivity contribution in [3.8, 4) is 5.75 Å². The van der Waals surface area contributed by atoms with E-state index in [1.807, 2.05) is 12.1 Å². The van der Waals surface area contributed by atoms with Crippen molar-refractivity contribution in [2.45, 2.75) is 25.9 Å². The molecule has 0 saturated carbocycles. The first-order valence-corrected chi connectivity index (χ1v) is 8.40. The fraction of sp³-hybridized carbons (Fsp3) is 0.350. The van der Waals surface area contributed by atoms with Gasteiger partial charge in [0.1, 0.15) is 0 Å². The molecule has 1 heterocycles. The van der Waals surface area contributed by atoms with Gasteiger partial charge in [-0.2, -0.15) is 0 Å². The van der Waals surface area contributed by atoms with Crippen LogP contribution in [0.3, 0.4) is 0 Å². The smallest absolute Gasteiger partial charge is 0.242 e. The first kappa shape index (κ1) is 17.3. The Morgan fingerprint density at radius 3 is 2.80 bits per heavy atom. The van der Waals surface area contributed by atoms with Gasteiger partial charge in [0.05, 0.1) is 13.7 Å². The quantitative estimate of drug-likeness (QED) is 0.836. The van der Waals surface area contributed by atoms with E-state index in [-0.39, 0.29) is 11.7 Å². The molecule has 0 radical (unpaired) electrons. The van der Waals surface area contributed by atoms with E-state index in [4.69, 9.17) is 4.74 Å². The van der Waals surface area contributed by atoms with Crippen LogP contribution >= 0.6 is 0 Å². The molecule has 1 amide bonds. The van der Waals surface area contributed by atoms with Crippen LogP contribution in [0.2, 0.25) is 0 Å². The minimum atomic E-state index is -0.414. The summed E-state index contributed by atoms with van der Waals surface area (Å²) in [6.07, 6.45) is 0.955. The highest BCUT2D eigenvalue weighted by Crippen LogP contribution is 2.31. The zero-order valence-electron chi connectivity index (χ0n) is 14.8. The van der Waals surface area contributed by atoms with Crippen LogP contribution in [0.5, 0.6) is 5.75 Å². The number of hydrogen-bond acceptors (Lipinski definition) is 3. The van der Waals surface area contributed by atoms with Gasteiger partial charge in [-0.1, -0.05) is 24.3 Å². The third-order valence-corrected chi connectivity index (χ3v) is 4.72. The van der Waals surface area contributed by atoms with Crippen LogP contribution in [0.15, 0.2) is 42.5 Å². The van der Waals surface area contributed by atoms with Gasteiger partial charge in [-0.05, 0) is 42.7 Å². The summed E-state index contributed by atoms with van der Waals surface area (Å²) in [5.41, 5.74) is 3.15. The maximum absolute atomic E-state index is 13.8. The number of likely N-dealkylation sites (N-methyl/N-ethyl adjacent to an activating group) is 1. The van der Waals surface area contributed by atoms with Crippen LogP contribution in [-0.2, 0) is 17.8 Å². The van der Waals surface area contributed by atoms with Crippen molar-refractivity contribution in [3.63, 3.8) is 0 Å². The second kappa shape index (κ2) is 7.13. The van der Waals surface area contributed by atoms with Gasteiger partial charge in [0.15, 0.2) is 11.6 Å². The van der Waals surface area contributed by atoms with Crippen LogP contribution < -0.4 is 9.64 Å². The van der Waals surface area contributed by atoms with Crippen molar-refractivity contribution < 1.29 is 13.9 Å². The number of rotatable bonds is 5. The number of nitrogens with zero attached hydrogens (tertiary/aromatic N) is 2. The molecule has 5 heteroatoms. The molecule has 0 saturated heterocycles. The van der Waals surface area contributed by atoms with E-state index in [1.165, 1.54) is 18.7 Å². The summed E-state index contributed by atoms with van der Waals surface area (Å²) >= 11 is 0. The fourth-order valence-electron chi connectivity index (χ4n) is 3.31. The number of hydrogen-bond donors (Lipinski definition) is 0. The molecule has 0 bridgehead atoms. The van der Waals surface area contributed by atoms with Crippen molar-refractivity contribution in [1.82, 2.24) is 4.90 Å². The second-order valence-corrected chi connectivity index (χ2v) is 6.53. The Labute approximate surface area is 147 Å². The topological polar surface area (TPSA) is 32.8 Å². The number of fused-ring (bicyclic) bond motifs is 1. The molecule has 2 aromatic rings. The molecule has 0 fully saturated rings. The number of anilines is 1. The molecular weight excluding hydrogens is 319 g/mol. The summed E-state index contributed by atoms with van der Waals surface area (Å²) < 4.78 is 18.7. The van der Waals surface area contributed by atoms with Crippen LogP contribution in [-0.4, -0.2) is 37.6 Å². The second-order valence-electron chi connectivity index (χ2n) is 6.53. The first-order valence-electron chi connectivity index (χ1n) is 8.40. The van der Waals surface area contributed by atoms with Crippen molar-refractivity contribution in [2.75, 3.05) is 25.6 Å². The molecule has 1 unspecified atom stereocenters. The molecule has 0 aliphatic carbocycles. The lowest BCUT2D eigenvalue weighted by molar-refractivity contribution is -0.129. The number of para-hydroxylation sites is 1. The van der Waals surface area contributed by atoms with E-state index >= 15 is 0 Å². The lowest BCUT2D eigenvalue weighted by atomic mass is 10.1. The van der Waals surface area contributed by atoms with Gasteiger partial charge in [0.2, 0.25) is 5.91 Å². The number of ether oxygens (including phenoxy) is 1. The summed E-state index contributed by atoms with van der Waals surface area (Å²) in [5.74, 6) is -0.192. The molecule has 1 aliphatic heterocycles. The minimum absolute atomic E-state index is 0.0137. The monoisotopic (exact) mass is 342 g/mol. The largest absolute Gasteiger partial charge is 0.494 e. The van der Waals surface area contributed by atoms with Crippen molar-refractivity contribution in [3.05, 3.63) is 59.4 Å². The zero-order chi connectivity index (χ0) is 18.0. The van der Waals surface area contributed by atoms with E-state index in [2.05, 4.69) is 24.0 Å². The third kappa shape index (κ3) is 3.60. The highest BCUT2D eigenvalue weighted by Gasteiger charge is 2.27. The summed E-state index contributed by atoms with van der Waals surface area (Å²) in [6, 6.07) is 13.3. The van der Waals surface area contributed by atoms with Gasteiger partial charge in [-0.25, -0.2) is 4.39 Å². The van der Waals surface area contributed by atoms with Crippen molar-refractivity contribution >= 4 is 11.6 Å². The van der Waals surface area contributed by atoms with Crippen LogP contribution in [0.25, 0.3) is 0 Å². The predicted octanol–water partition coefficient (Wildman–Crippen LogP) is 3.24. The molecule has 2 aromatic carbocycles. The Balaban J connectivity index is 1.66. The molecule has 4 nitrogen and oxygen atoms in total. The van der Waals surface area contributed by atoms with E-state index in [9.17, 15) is 9.18 Å². The zero-order valence-corrected chi connectivity index (χ0v) is 14.8. The SMILES string of the molecule is COc1ccc(CN(C)C(=O)CN2c3ccccc3CC2C)cc1F. The molecule has 0 N–H and O–H groups in total. The normalized spacial score (nSPS) is 15.8. The van der Waals surface area contributed by atoms with E-state index in [0.29, 0.717) is 19.1 Å². The van der Waals surface area contributed by atoms with Crippen molar-refractivity contribution in [1.29, 1.82) is 0 Å². The van der Waals surface area contributed by atoms with E-state index in [0.717, 1.165) is 17.7 Å². The molecule has 0 aromatic heterocycles. The summed E-state index contributed by atoms with van der Waals surface area (Å²) in [5, 5.41) is 0. The Morgan fingerprint density at radius 2 is 2.08 bits per heavy atom. The molecule has 132 valence electrons. The Hall–Kier alpha value is -2.56. The molecule has 0 spiro atoms. The van der Waals surface area contributed by atoms with Gasteiger partial charge in [-0.15, -0.1) is 0 Å². The average molecular weight is 342 g/mol. The highest BCUT2D eigenvalue weighted by atomic mass is 19.1. The summed E-state index contributed by atoms with van der Waals surface area (Å²) in [7, 11) is 3.18. The van der Waals surface area contributed by atoms with E-state index < -0.39 is 5.82 Å². The molecule has 3 rings (SSSR count). The first-order chi connectivity index (χ1) is 12.0. The molecular formula is C20H23FN2O2. The van der Waals surface area contributed by atoms with Crippen LogP contribution in [0.4, 0.5) is 10.1 Å². The predicted molar refractivity (Wildman–Crippen MR) is 96.4 cm³/mol. The van der Waals surface area contributed by atoms with E-state index in [1.54, 1.807) is 24.1 Å². The number of carbonyl (C=O) groups is 1. The van der Waals surface area contributed by atoms with Gasteiger partial charge in [-0.3, -0.25) is 4.79 Å². The fourth-order valence-corrected chi connectivity index (χ4v) is 3.31. The number of carbonyl (C=O) groups excluding carboxylic acids is 1. The summed E-state index contributed by atoms with van der Waals surface area (Å²) in [4.78, 5) is 16.4. The van der Waals surface area contributed by atoms with Gasteiger partial charge >= 0.3 is 0 Å². The van der Waals surface area contributed by atoms with Gasteiger partial charge in [0.25, 0.3) is 0 Å². The Morgan fingerprint density at radius 1 is 1.32 bits per heavy atom. The number of benzene rings is 2. The standard InChI is InChI=1S/C20H23FN2O2/c1-14-10-16-6-4-5-7-18(16)23(14)13-20(24)22(2)12-15-8-9-19(25-3)17(21)11-15/h4-9,11,14H,10,12-13H2,1-3H3. The van der Waals surface area contributed by atoms with Crippen LogP contribution in [0, 0.1) is 5.82 Å². The van der Waals surface area contributed by atoms with Crippen molar-refractivity contribution in [2.24, 2.45) is 0 Å². The third-order valence-electron chi connectivity index (χ3n) is 4.72. The lowest BCUT2D eigenvalue weighted by Gasteiger charge is -2.27. The van der Waals surface area contributed by atoms with Gasteiger partial charge < -0.3 is 14.5 Å². The Kier molecular flexibility index (Phi) is 4.93. The number of methoxy groups -OCH3 is 1. The molecule has 1 atom stereocenters. The molecule has 25 heavy (non-hydrogen) atoms. The van der Waals surface area contributed by atoms with Crippen LogP contribution in [0.1, 0.15) is 18.1 Å². The maximum atomic E-state index is 13.8. The Bertz CT molecular complexity index is 778. The highest BCUT2D eigenvalue weighted by molar-refractivity contribution is 5.82. The minimum Gasteiger partial charge on any atom is -0.494 e. The number of amides is 1. The number of halogens is 1. The average Bonchev–Trinajstić information content (AvgIpc) is 2.90. The maximum Gasteiger partial charge on any atom is 0.242 e. The lowest BCUT2D eigenvalue weighted by Crippen LogP contribution is -2.40. The molecule has 1 aliphatic rings.